The first-order chi connectivity index (χ1) is 12.2. The predicted octanol–water partition coefficient (Wildman–Crippen LogP) is 4.98. The van der Waals surface area contributed by atoms with Crippen molar-refractivity contribution in [3.05, 3.63) is 89.7 Å². The van der Waals surface area contributed by atoms with Crippen LogP contribution in [0.4, 0.5) is 5.69 Å². The van der Waals surface area contributed by atoms with Gasteiger partial charge in [-0.25, -0.2) is 0 Å². The smallest absolute Gasteiger partial charge is 0.226 e. The highest BCUT2D eigenvalue weighted by molar-refractivity contribution is 5.91. The number of benzene rings is 2. The van der Waals surface area contributed by atoms with Crippen LogP contribution >= 0.6 is 0 Å². The van der Waals surface area contributed by atoms with Gasteiger partial charge < -0.3 is 9.88 Å². The molecule has 1 atom stereocenters. The van der Waals surface area contributed by atoms with Crippen molar-refractivity contribution in [1.29, 1.82) is 0 Å². The van der Waals surface area contributed by atoms with Crippen molar-refractivity contribution in [1.82, 2.24) is 4.57 Å². The molecule has 3 nitrogen and oxygen atoms in total. The molecule has 1 heterocycles. The lowest BCUT2D eigenvalue weighted by Gasteiger charge is -2.20. The molecule has 0 saturated heterocycles. The van der Waals surface area contributed by atoms with E-state index in [4.69, 9.17) is 0 Å². The van der Waals surface area contributed by atoms with Gasteiger partial charge in [0, 0.05) is 18.1 Å². The van der Waals surface area contributed by atoms with Crippen molar-refractivity contribution in [2.75, 3.05) is 5.32 Å². The minimum Gasteiger partial charge on any atom is -0.346 e. The molecule has 0 bridgehead atoms. The average Bonchev–Trinajstić information content (AvgIpc) is 3.14. The molecule has 3 aromatic rings. The zero-order valence-corrected chi connectivity index (χ0v) is 14.8. The van der Waals surface area contributed by atoms with Gasteiger partial charge in [0.05, 0.1) is 12.5 Å². The molecule has 0 aliphatic rings. The van der Waals surface area contributed by atoms with Gasteiger partial charge in [0.2, 0.25) is 5.91 Å². The van der Waals surface area contributed by atoms with E-state index in [-0.39, 0.29) is 11.9 Å². The third-order valence-electron chi connectivity index (χ3n) is 4.44. The molecule has 1 aromatic heterocycles. The van der Waals surface area contributed by atoms with Crippen molar-refractivity contribution in [3.8, 4) is 0 Å². The molecule has 1 amide bonds. The Bertz CT molecular complexity index is 819. The number of carbonyl (C=O) groups excluding carboxylic acids is 1. The second-order valence-corrected chi connectivity index (χ2v) is 6.36. The summed E-state index contributed by atoms with van der Waals surface area (Å²) in [5.41, 5.74) is 4.46. The Kier molecular flexibility index (Phi) is 5.34. The fraction of sp³-hybridized carbons (Fsp3) is 0.227. The second kappa shape index (κ2) is 7.84. The molecule has 0 aliphatic heterocycles. The Balaban J connectivity index is 1.76. The zero-order chi connectivity index (χ0) is 17.6. The van der Waals surface area contributed by atoms with E-state index >= 15 is 0 Å². The maximum absolute atomic E-state index is 12.6. The highest BCUT2D eigenvalue weighted by atomic mass is 16.1. The van der Waals surface area contributed by atoms with Gasteiger partial charge in [-0.3, -0.25) is 4.79 Å². The number of aromatic nitrogens is 1. The van der Waals surface area contributed by atoms with Crippen LogP contribution in [0, 0.1) is 6.92 Å². The summed E-state index contributed by atoms with van der Waals surface area (Å²) in [6.45, 7) is 4.20. The van der Waals surface area contributed by atoms with E-state index in [1.54, 1.807) is 0 Å². The highest BCUT2D eigenvalue weighted by Gasteiger charge is 2.17. The molecule has 1 N–H and O–H groups in total. The highest BCUT2D eigenvalue weighted by Crippen LogP contribution is 2.24. The Hall–Kier alpha value is -2.81. The van der Waals surface area contributed by atoms with Crippen LogP contribution in [0.1, 0.15) is 36.1 Å². The van der Waals surface area contributed by atoms with Gasteiger partial charge in [-0.15, -0.1) is 0 Å². The van der Waals surface area contributed by atoms with Gasteiger partial charge in [-0.1, -0.05) is 48.9 Å². The van der Waals surface area contributed by atoms with Crippen LogP contribution in [0.3, 0.4) is 0 Å². The van der Waals surface area contributed by atoms with Crippen LogP contribution in [0.5, 0.6) is 0 Å². The monoisotopic (exact) mass is 332 g/mol. The van der Waals surface area contributed by atoms with Gasteiger partial charge >= 0.3 is 0 Å². The Morgan fingerprint density at radius 2 is 1.76 bits per heavy atom. The molecule has 0 unspecified atom stereocenters. The standard InChI is InChI=1S/C22H24N2O/c1-3-18-9-11-20(12-10-18)23-22(25)16-21(24-13-4-5-14-24)19-8-6-7-17(2)15-19/h4-15,21H,3,16H2,1-2H3,(H,23,25)/t21-/m1/s1. The van der Waals surface area contributed by atoms with E-state index in [0.717, 1.165) is 17.7 Å². The topological polar surface area (TPSA) is 34.0 Å². The van der Waals surface area contributed by atoms with E-state index < -0.39 is 0 Å². The van der Waals surface area contributed by atoms with Crippen LogP contribution in [0.15, 0.2) is 73.1 Å². The molecule has 0 aliphatic carbocycles. The summed E-state index contributed by atoms with van der Waals surface area (Å²) in [5.74, 6) is 0.0180. The Morgan fingerprint density at radius 3 is 2.40 bits per heavy atom. The molecule has 2 aromatic carbocycles. The Morgan fingerprint density at radius 1 is 1.04 bits per heavy atom. The largest absolute Gasteiger partial charge is 0.346 e. The van der Waals surface area contributed by atoms with Crippen LogP contribution in [0.2, 0.25) is 0 Å². The second-order valence-electron chi connectivity index (χ2n) is 6.36. The number of anilines is 1. The Labute approximate surface area is 149 Å². The first kappa shape index (κ1) is 17.0. The molecule has 25 heavy (non-hydrogen) atoms. The number of hydrogen-bond acceptors (Lipinski definition) is 1. The number of nitrogens with one attached hydrogen (secondary N) is 1. The summed E-state index contributed by atoms with van der Waals surface area (Å²) in [7, 11) is 0. The number of rotatable bonds is 6. The van der Waals surface area contributed by atoms with Crippen molar-refractivity contribution in [2.24, 2.45) is 0 Å². The minimum atomic E-state index is -0.00943. The summed E-state index contributed by atoms with van der Waals surface area (Å²) < 4.78 is 2.09. The minimum absolute atomic E-state index is 0.00943. The number of carbonyl (C=O) groups is 1. The van der Waals surface area contributed by atoms with Crippen LogP contribution in [-0.4, -0.2) is 10.5 Å². The molecule has 0 radical (unpaired) electrons. The molecule has 3 heteroatoms. The fourth-order valence-corrected chi connectivity index (χ4v) is 3.04. The lowest BCUT2D eigenvalue weighted by Crippen LogP contribution is -2.19. The van der Waals surface area contributed by atoms with Gasteiger partial charge in [0.25, 0.3) is 0 Å². The number of aryl methyl sites for hydroxylation is 2. The normalized spacial score (nSPS) is 11.9. The van der Waals surface area contributed by atoms with Gasteiger partial charge in [0.15, 0.2) is 0 Å². The van der Waals surface area contributed by atoms with Gasteiger partial charge in [-0.05, 0) is 48.7 Å². The SMILES string of the molecule is CCc1ccc(NC(=O)C[C@H](c2cccc(C)c2)n2cccc2)cc1. The molecular weight excluding hydrogens is 308 g/mol. The molecule has 0 spiro atoms. The number of hydrogen-bond donors (Lipinski definition) is 1. The van der Waals surface area contributed by atoms with E-state index in [1.165, 1.54) is 11.1 Å². The van der Waals surface area contributed by atoms with E-state index in [9.17, 15) is 4.79 Å². The van der Waals surface area contributed by atoms with Gasteiger partial charge in [0.1, 0.15) is 0 Å². The lowest BCUT2D eigenvalue weighted by molar-refractivity contribution is -0.116. The van der Waals surface area contributed by atoms with Crippen molar-refractivity contribution < 1.29 is 4.79 Å². The van der Waals surface area contributed by atoms with Crippen molar-refractivity contribution in [2.45, 2.75) is 32.7 Å². The van der Waals surface area contributed by atoms with Crippen molar-refractivity contribution >= 4 is 11.6 Å². The van der Waals surface area contributed by atoms with E-state index in [2.05, 4.69) is 54.1 Å². The van der Waals surface area contributed by atoms with Crippen LogP contribution in [-0.2, 0) is 11.2 Å². The summed E-state index contributed by atoms with van der Waals surface area (Å²) in [4.78, 5) is 12.6. The molecule has 0 saturated carbocycles. The first-order valence-corrected chi connectivity index (χ1v) is 8.73. The quantitative estimate of drug-likeness (QED) is 0.679. The molecule has 128 valence electrons. The third kappa shape index (κ3) is 4.38. The third-order valence-corrected chi connectivity index (χ3v) is 4.44. The maximum Gasteiger partial charge on any atom is 0.226 e. The lowest BCUT2D eigenvalue weighted by atomic mass is 10.0. The maximum atomic E-state index is 12.6. The molecule has 0 fully saturated rings. The molecule has 3 rings (SSSR count). The summed E-state index contributed by atoms with van der Waals surface area (Å²) in [6.07, 6.45) is 5.41. The van der Waals surface area contributed by atoms with Crippen LogP contribution < -0.4 is 5.32 Å². The number of amides is 1. The van der Waals surface area contributed by atoms with Gasteiger partial charge in [-0.2, -0.15) is 0 Å². The van der Waals surface area contributed by atoms with Crippen LogP contribution in [0.25, 0.3) is 0 Å². The van der Waals surface area contributed by atoms with E-state index in [1.807, 2.05) is 42.7 Å². The molecular formula is C22H24N2O. The number of nitrogens with zero attached hydrogens (tertiary/aromatic N) is 1. The summed E-state index contributed by atoms with van der Waals surface area (Å²) >= 11 is 0. The fourth-order valence-electron chi connectivity index (χ4n) is 3.04. The average molecular weight is 332 g/mol. The first-order valence-electron chi connectivity index (χ1n) is 8.73. The van der Waals surface area contributed by atoms with Crippen molar-refractivity contribution in [3.63, 3.8) is 0 Å². The summed E-state index contributed by atoms with van der Waals surface area (Å²) in [6, 6.07) is 20.4. The van der Waals surface area contributed by atoms with E-state index in [0.29, 0.717) is 6.42 Å². The predicted molar refractivity (Wildman–Crippen MR) is 103 cm³/mol. The summed E-state index contributed by atoms with van der Waals surface area (Å²) in [5, 5.41) is 3.02. The zero-order valence-electron chi connectivity index (χ0n) is 14.8.